The molecule has 0 aliphatic carbocycles. The minimum Gasteiger partial charge on any atom is -0.462 e. The average molecular weight is 359 g/mol. The summed E-state index contributed by atoms with van der Waals surface area (Å²) in [5.74, 6) is -0.344. The summed E-state index contributed by atoms with van der Waals surface area (Å²) in [4.78, 5) is 11.9. The van der Waals surface area contributed by atoms with Crippen LogP contribution in [-0.4, -0.2) is 22.4 Å². The molecule has 4 nitrogen and oxygen atoms in total. The van der Waals surface area contributed by atoms with Gasteiger partial charge in [0, 0.05) is 10.7 Å². The summed E-state index contributed by atoms with van der Waals surface area (Å²) in [6.07, 6.45) is 1.71. The van der Waals surface area contributed by atoms with E-state index in [9.17, 15) is 4.79 Å². The summed E-state index contributed by atoms with van der Waals surface area (Å²) < 4.78 is 7.68. The Kier molecular flexibility index (Phi) is 3.98. The number of hydrogen-bond acceptors (Lipinski definition) is 3. The molecule has 0 spiro atoms. The molecular formula is C17H15BrN2O2. The van der Waals surface area contributed by atoms with E-state index in [1.165, 1.54) is 0 Å². The molecule has 0 radical (unpaired) electrons. The predicted molar refractivity (Wildman–Crippen MR) is 89.5 cm³/mol. The van der Waals surface area contributed by atoms with Gasteiger partial charge in [-0.1, -0.05) is 24.3 Å². The van der Waals surface area contributed by atoms with Crippen LogP contribution in [0.2, 0.25) is 0 Å². The number of carbonyl (C=O) groups is 1. The maximum atomic E-state index is 11.9. The van der Waals surface area contributed by atoms with Gasteiger partial charge in [0.25, 0.3) is 0 Å². The van der Waals surface area contributed by atoms with E-state index in [4.69, 9.17) is 4.74 Å². The van der Waals surface area contributed by atoms with Crippen LogP contribution in [-0.2, 0) is 4.74 Å². The second kappa shape index (κ2) is 5.93. The monoisotopic (exact) mass is 358 g/mol. The molecule has 3 aromatic rings. The van der Waals surface area contributed by atoms with Crippen LogP contribution in [0.15, 0.2) is 47.1 Å². The molecule has 0 N–H and O–H groups in total. The van der Waals surface area contributed by atoms with Crippen molar-refractivity contribution in [1.82, 2.24) is 9.78 Å². The summed E-state index contributed by atoms with van der Waals surface area (Å²) in [6.45, 7) is 3.94. The highest BCUT2D eigenvalue weighted by atomic mass is 79.9. The van der Waals surface area contributed by atoms with E-state index < -0.39 is 0 Å². The highest BCUT2D eigenvalue weighted by molar-refractivity contribution is 9.10. The van der Waals surface area contributed by atoms with Gasteiger partial charge in [-0.15, -0.1) is 0 Å². The lowest BCUT2D eigenvalue weighted by atomic mass is 10.1. The molecular weight excluding hydrogens is 344 g/mol. The molecule has 5 heteroatoms. The normalized spacial score (nSPS) is 10.9. The third kappa shape index (κ3) is 2.64. The zero-order chi connectivity index (χ0) is 15.7. The van der Waals surface area contributed by atoms with Gasteiger partial charge >= 0.3 is 5.97 Å². The third-order valence-corrected chi connectivity index (χ3v) is 4.09. The highest BCUT2D eigenvalue weighted by Crippen LogP contribution is 2.27. The minimum absolute atomic E-state index is 0.344. The van der Waals surface area contributed by atoms with Gasteiger partial charge in [-0.3, -0.25) is 0 Å². The van der Waals surface area contributed by atoms with E-state index in [0.29, 0.717) is 17.9 Å². The number of halogens is 1. The molecule has 0 amide bonds. The van der Waals surface area contributed by atoms with E-state index in [1.807, 2.05) is 30.3 Å². The van der Waals surface area contributed by atoms with Gasteiger partial charge in [0.1, 0.15) is 5.56 Å². The van der Waals surface area contributed by atoms with Crippen LogP contribution in [0.5, 0.6) is 0 Å². The van der Waals surface area contributed by atoms with Crippen molar-refractivity contribution in [2.24, 2.45) is 0 Å². The van der Waals surface area contributed by atoms with Gasteiger partial charge < -0.3 is 4.74 Å². The number of carbonyl (C=O) groups excluding carboxylic acids is 1. The number of ether oxygens (including phenoxy) is 1. The van der Waals surface area contributed by atoms with Crippen LogP contribution < -0.4 is 0 Å². The van der Waals surface area contributed by atoms with Crippen molar-refractivity contribution in [3.8, 4) is 5.69 Å². The first kappa shape index (κ1) is 14.8. The summed E-state index contributed by atoms with van der Waals surface area (Å²) in [7, 11) is 0. The molecule has 112 valence electrons. The molecule has 0 saturated heterocycles. The number of hydrogen-bond donors (Lipinski definition) is 0. The predicted octanol–water partition coefficient (Wildman–Crippen LogP) is 4.27. The quantitative estimate of drug-likeness (QED) is 0.656. The SMILES string of the molecule is CCOC(=O)c1cn(-c2cc3ccccc3cc2Br)nc1C. The topological polar surface area (TPSA) is 44.1 Å². The summed E-state index contributed by atoms with van der Waals surface area (Å²) in [5.41, 5.74) is 2.03. The fraction of sp³-hybridized carbons (Fsp3) is 0.176. The number of rotatable bonds is 3. The Morgan fingerprint density at radius 1 is 1.27 bits per heavy atom. The molecule has 0 saturated carbocycles. The lowest BCUT2D eigenvalue weighted by Crippen LogP contribution is -2.04. The fourth-order valence-corrected chi connectivity index (χ4v) is 2.91. The zero-order valence-corrected chi connectivity index (χ0v) is 13.9. The van der Waals surface area contributed by atoms with Crippen molar-refractivity contribution in [3.05, 3.63) is 58.3 Å². The largest absolute Gasteiger partial charge is 0.462 e. The smallest absolute Gasteiger partial charge is 0.341 e. The Morgan fingerprint density at radius 3 is 2.64 bits per heavy atom. The van der Waals surface area contributed by atoms with E-state index in [1.54, 1.807) is 24.7 Å². The first-order chi connectivity index (χ1) is 10.6. The number of benzene rings is 2. The number of nitrogens with zero attached hydrogens (tertiary/aromatic N) is 2. The van der Waals surface area contributed by atoms with Crippen molar-refractivity contribution >= 4 is 32.7 Å². The summed E-state index contributed by atoms with van der Waals surface area (Å²) in [6, 6.07) is 12.2. The molecule has 3 rings (SSSR count). The van der Waals surface area contributed by atoms with E-state index in [2.05, 4.69) is 27.1 Å². The van der Waals surface area contributed by atoms with Crippen molar-refractivity contribution in [2.75, 3.05) is 6.61 Å². The van der Waals surface area contributed by atoms with Gasteiger partial charge in [0.15, 0.2) is 0 Å². The van der Waals surface area contributed by atoms with Gasteiger partial charge in [-0.25, -0.2) is 9.48 Å². The van der Waals surface area contributed by atoms with E-state index in [0.717, 1.165) is 20.9 Å². The van der Waals surface area contributed by atoms with Gasteiger partial charge in [-0.05, 0) is 52.7 Å². The van der Waals surface area contributed by atoms with Crippen LogP contribution in [0.4, 0.5) is 0 Å². The standard InChI is InChI=1S/C17H15BrN2O2/c1-3-22-17(21)14-10-20(19-11(14)2)16-9-13-7-5-4-6-12(13)8-15(16)18/h4-10H,3H2,1-2H3. The molecule has 1 heterocycles. The van der Waals surface area contributed by atoms with Gasteiger partial charge in [0.05, 0.1) is 18.0 Å². The molecule has 0 aliphatic rings. The van der Waals surface area contributed by atoms with E-state index in [-0.39, 0.29) is 5.97 Å². The fourth-order valence-electron chi connectivity index (χ4n) is 2.37. The molecule has 0 bridgehead atoms. The van der Waals surface area contributed by atoms with Crippen LogP contribution in [0.1, 0.15) is 23.0 Å². The minimum atomic E-state index is -0.344. The summed E-state index contributed by atoms with van der Waals surface area (Å²) >= 11 is 3.58. The molecule has 0 unspecified atom stereocenters. The average Bonchev–Trinajstić information content (AvgIpc) is 2.88. The first-order valence-corrected chi connectivity index (χ1v) is 7.81. The maximum absolute atomic E-state index is 11.9. The summed E-state index contributed by atoms with van der Waals surface area (Å²) in [5, 5.41) is 6.70. The second-order valence-electron chi connectivity index (χ2n) is 4.94. The molecule has 1 aromatic heterocycles. The molecule has 2 aromatic carbocycles. The Balaban J connectivity index is 2.09. The van der Waals surface area contributed by atoms with Crippen molar-refractivity contribution < 1.29 is 9.53 Å². The van der Waals surface area contributed by atoms with Gasteiger partial charge in [-0.2, -0.15) is 5.10 Å². The Morgan fingerprint density at radius 2 is 1.95 bits per heavy atom. The zero-order valence-electron chi connectivity index (χ0n) is 12.3. The third-order valence-electron chi connectivity index (χ3n) is 3.46. The van der Waals surface area contributed by atoms with Crippen LogP contribution in [0, 0.1) is 6.92 Å². The van der Waals surface area contributed by atoms with E-state index >= 15 is 0 Å². The lowest BCUT2D eigenvalue weighted by Gasteiger charge is -2.07. The Hall–Kier alpha value is -2.14. The number of aromatic nitrogens is 2. The molecule has 0 aliphatic heterocycles. The highest BCUT2D eigenvalue weighted by Gasteiger charge is 2.16. The molecule has 22 heavy (non-hydrogen) atoms. The van der Waals surface area contributed by atoms with Crippen molar-refractivity contribution in [2.45, 2.75) is 13.8 Å². The lowest BCUT2D eigenvalue weighted by molar-refractivity contribution is 0.0525. The molecule has 0 atom stereocenters. The maximum Gasteiger partial charge on any atom is 0.341 e. The van der Waals surface area contributed by atoms with Crippen LogP contribution >= 0.6 is 15.9 Å². The van der Waals surface area contributed by atoms with Crippen LogP contribution in [0.25, 0.3) is 16.5 Å². The Labute approximate surface area is 136 Å². The first-order valence-electron chi connectivity index (χ1n) is 7.02. The van der Waals surface area contributed by atoms with Crippen molar-refractivity contribution in [3.63, 3.8) is 0 Å². The van der Waals surface area contributed by atoms with Crippen molar-refractivity contribution in [1.29, 1.82) is 0 Å². The van der Waals surface area contributed by atoms with Crippen LogP contribution in [0.3, 0.4) is 0 Å². The Bertz CT molecular complexity index is 855. The number of fused-ring (bicyclic) bond motifs is 1. The molecule has 0 fully saturated rings. The number of esters is 1. The second-order valence-corrected chi connectivity index (χ2v) is 5.80. The number of aryl methyl sites for hydroxylation is 1. The van der Waals surface area contributed by atoms with Gasteiger partial charge in [0.2, 0.25) is 0 Å².